The van der Waals surface area contributed by atoms with Crippen molar-refractivity contribution < 1.29 is 13.9 Å². The first-order chi connectivity index (χ1) is 11.9. The van der Waals surface area contributed by atoms with Gasteiger partial charge in [0, 0.05) is 23.3 Å². The van der Waals surface area contributed by atoms with Crippen molar-refractivity contribution in [3.05, 3.63) is 47.4 Å². The number of rotatable bonds is 3. The molecule has 3 atom stereocenters. The average molecular weight is 340 g/mol. The molecule has 2 aliphatic rings. The Bertz CT molecular complexity index is 869. The van der Waals surface area contributed by atoms with Gasteiger partial charge in [-0.2, -0.15) is 10.2 Å². The molecule has 25 heavy (non-hydrogen) atoms. The van der Waals surface area contributed by atoms with E-state index >= 15 is 0 Å². The van der Waals surface area contributed by atoms with Gasteiger partial charge in [0.15, 0.2) is 0 Å². The van der Waals surface area contributed by atoms with Gasteiger partial charge in [0.05, 0.1) is 18.0 Å². The van der Waals surface area contributed by atoms with Crippen molar-refractivity contribution in [3.8, 4) is 11.3 Å². The highest BCUT2D eigenvalue weighted by molar-refractivity contribution is 5.66. The summed E-state index contributed by atoms with van der Waals surface area (Å²) in [5, 5.41) is 8.80. The first kappa shape index (κ1) is 16.2. The van der Waals surface area contributed by atoms with E-state index in [-0.39, 0.29) is 28.5 Å². The highest BCUT2D eigenvalue weighted by Gasteiger charge is 2.63. The third-order valence-corrected chi connectivity index (χ3v) is 6.41. The van der Waals surface area contributed by atoms with Crippen molar-refractivity contribution in [1.29, 1.82) is 0 Å². The molecule has 0 amide bonds. The first-order valence-corrected chi connectivity index (χ1v) is 8.63. The minimum absolute atomic E-state index is 0.177. The van der Waals surface area contributed by atoms with Crippen molar-refractivity contribution in [2.24, 2.45) is 5.41 Å². The van der Waals surface area contributed by atoms with E-state index in [4.69, 9.17) is 4.74 Å². The number of esters is 1. The second-order valence-corrected chi connectivity index (χ2v) is 7.63. The number of aromatic nitrogens is 2. The molecule has 3 unspecified atom stereocenters. The van der Waals surface area contributed by atoms with Crippen LogP contribution in [0.25, 0.3) is 11.3 Å². The number of hydrogen-bond acceptors (Lipinski definition) is 4. The Morgan fingerprint density at radius 1 is 1.32 bits per heavy atom. The minimum atomic E-state index is -0.297. The zero-order chi connectivity index (χ0) is 17.8. The molecular weight excluding hydrogens is 319 g/mol. The molecule has 1 fully saturated rings. The maximum absolute atomic E-state index is 14.1. The van der Waals surface area contributed by atoms with E-state index < -0.39 is 0 Å². The van der Waals surface area contributed by atoms with Gasteiger partial charge in [-0.3, -0.25) is 4.79 Å². The van der Waals surface area contributed by atoms with E-state index in [9.17, 15) is 9.18 Å². The van der Waals surface area contributed by atoms with E-state index in [0.717, 1.165) is 24.1 Å². The highest BCUT2D eigenvalue weighted by Crippen LogP contribution is 2.67. The molecule has 4 nitrogen and oxygen atoms in total. The average Bonchev–Trinajstić information content (AvgIpc) is 2.95. The largest absolute Gasteiger partial charge is 0.465 e. The lowest BCUT2D eigenvalue weighted by molar-refractivity contribution is -0.145. The lowest BCUT2D eigenvalue weighted by Gasteiger charge is -2.37. The SMILES string of the molecule is CC(=O)OCC1(C)C2CCC1(C)c1nnc(-c3ccccc3F)cc12. The van der Waals surface area contributed by atoms with Crippen LogP contribution in [0.3, 0.4) is 0 Å². The Hall–Kier alpha value is -2.30. The van der Waals surface area contributed by atoms with Crippen LogP contribution in [-0.4, -0.2) is 22.8 Å². The van der Waals surface area contributed by atoms with Gasteiger partial charge in [-0.1, -0.05) is 26.0 Å². The monoisotopic (exact) mass is 340 g/mol. The lowest BCUT2D eigenvalue weighted by atomic mass is 9.69. The van der Waals surface area contributed by atoms with Crippen molar-refractivity contribution >= 4 is 5.97 Å². The molecule has 1 aromatic carbocycles. The van der Waals surface area contributed by atoms with Crippen LogP contribution >= 0.6 is 0 Å². The Labute approximate surface area is 146 Å². The Morgan fingerprint density at radius 2 is 2.08 bits per heavy atom. The molecule has 2 aromatic rings. The molecule has 5 heteroatoms. The summed E-state index contributed by atoms with van der Waals surface area (Å²) >= 11 is 0. The molecule has 130 valence electrons. The van der Waals surface area contributed by atoms with Crippen molar-refractivity contribution in [2.75, 3.05) is 6.61 Å². The molecule has 0 spiro atoms. The van der Waals surface area contributed by atoms with Gasteiger partial charge < -0.3 is 4.74 Å². The van der Waals surface area contributed by atoms with Crippen LogP contribution in [0.5, 0.6) is 0 Å². The fraction of sp³-hybridized carbons (Fsp3) is 0.450. The van der Waals surface area contributed by atoms with Crippen molar-refractivity contribution in [3.63, 3.8) is 0 Å². The summed E-state index contributed by atoms with van der Waals surface area (Å²) < 4.78 is 19.5. The predicted molar refractivity (Wildman–Crippen MR) is 91.5 cm³/mol. The number of carbonyl (C=O) groups excluding carboxylic acids is 1. The molecular formula is C20H21FN2O2. The van der Waals surface area contributed by atoms with E-state index in [1.54, 1.807) is 18.2 Å². The summed E-state index contributed by atoms with van der Waals surface area (Å²) in [6.07, 6.45) is 2.01. The van der Waals surface area contributed by atoms with Gasteiger partial charge >= 0.3 is 5.97 Å². The van der Waals surface area contributed by atoms with E-state index in [0.29, 0.717) is 17.9 Å². The van der Waals surface area contributed by atoms with Crippen LogP contribution in [0, 0.1) is 11.2 Å². The minimum Gasteiger partial charge on any atom is -0.465 e. The molecule has 4 rings (SSSR count). The third-order valence-electron chi connectivity index (χ3n) is 6.41. The smallest absolute Gasteiger partial charge is 0.302 e. The van der Waals surface area contributed by atoms with E-state index in [1.807, 2.05) is 6.07 Å². The quantitative estimate of drug-likeness (QED) is 0.793. The topological polar surface area (TPSA) is 52.1 Å². The number of benzene rings is 1. The number of ether oxygens (including phenoxy) is 1. The maximum Gasteiger partial charge on any atom is 0.302 e. The van der Waals surface area contributed by atoms with Crippen LogP contribution in [-0.2, 0) is 14.9 Å². The van der Waals surface area contributed by atoms with E-state index in [2.05, 4.69) is 24.0 Å². The first-order valence-electron chi connectivity index (χ1n) is 8.63. The van der Waals surface area contributed by atoms with Crippen LogP contribution in [0.15, 0.2) is 30.3 Å². The van der Waals surface area contributed by atoms with Gasteiger partial charge in [-0.25, -0.2) is 4.39 Å². The number of carbonyl (C=O) groups is 1. The Morgan fingerprint density at radius 3 is 2.80 bits per heavy atom. The standard InChI is InChI=1S/C20H21FN2O2/c1-12(24)25-11-20(3)15-8-9-19(20,2)18-14(15)10-17(22-23-18)13-6-4-5-7-16(13)21/h4-7,10,15H,8-9,11H2,1-3H3. The predicted octanol–water partition coefficient (Wildman–Crippen LogP) is 4.00. The van der Waals surface area contributed by atoms with Gasteiger partial charge in [-0.15, -0.1) is 0 Å². The summed E-state index contributed by atoms with van der Waals surface area (Å²) in [6.45, 7) is 6.15. The molecule has 0 radical (unpaired) electrons. The maximum atomic E-state index is 14.1. The van der Waals surface area contributed by atoms with Crippen LogP contribution in [0.4, 0.5) is 4.39 Å². The third kappa shape index (κ3) is 2.14. The number of nitrogens with zero attached hydrogens (tertiary/aromatic N) is 2. The van der Waals surface area contributed by atoms with Crippen LogP contribution in [0.1, 0.15) is 50.8 Å². The van der Waals surface area contributed by atoms with Gasteiger partial charge in [-0.05, 0) is 42.5 Å². The Kier molecular flexibility index (Phi) is 3.46. The molecule has 1 saturated carbocycles. The lowest BCUT2D eigenvalue weighted by Crippen LogP contribution is -2.39. The molecule has 0 aliphatic heterocycles. The summed E-state index contributed by atoms with van der Waals surface area (Å²) in [7, 11) is 0. The zero-order valence-corrected chi connectivity index (χ0v) is 14.7. The summed E-state index contributed by atoms with van der Waals surface area (Å²) in [4.78, 5) is 11.3. The van der Waals surface area contributed by atoms with Gasteiger partial charge in [0.25, 0.3) is 0 Å². The molecule has 1 aromatic heterocycles. The van der Waals surface area contributed by atoms with Gasteiger partial charge in [0.1, 0.15) is 5.82 Å². The fourth-order valence-corrected chi connectivity index (χ4v) is 4.72. The number of fused-ring (bicyclic) bond motifs is 5. The Balaban J connectivity index is 1.78. The van der Waals surface area contributed by atoms with Crippen LogP contribution in [0.2, 0.25) is 0 Å². The van der Waals surface area contributed by atoms with Crippen molar-refractivity contribution in [2.45, 2.75) is 44.9 Å². The fourth-order valence-electron chi connectivity index (χ4n) is 4.72. The van der Waals surface area contributed by atoms with Crippen molar-refractivity contribution in [1.82, 2.24) is 10.2 Å². The molecule has 2 bridgehead atoms. The molecule has 2 aliphatic carbocycles. The second kappa shape index (κ2) is 5.35. The van der Waals surface area contributed by atoms with E-state index in [1.165, 1.54) is 13.0 Å². The summed E-state index contributed by atoms with van der Waals surface area (Å²) in [5.41, 5.74) is 2.73. The zero-order valence-electron chi connectivity index (χ0n) is 14.7. The van der Waals surface area contributed by atoms with Crippen LogP contribution < -0.4 is 0 Å². The molecule has 0 saturated heterocycles. The molecule has 0 N–H and O–H groups in total. The number of halogens is 1. The number of hydrogen-bond donors (Lipinski definition) is 0. The van der Waals surface area contributed by atoms with Gasteiger partial charge in [0.2, 0.25) is 0 Å². The summed E-state index contributed by atoms with van der Waals surface area (Å²) in [5.74, 6) is -0.319. The summed E-state index contributed by atoms with van der Waals surface area (Å²) in [6, 6.07) is 8.59. The molecule has 1 heterocycles. The second-order valence-electron chi connectivity index (χ2n) is 7.63. The highest BCUT2D eigenvalue weighted by atomic mass is 19.1. The normalized spacial score (nSPS) is 29.5.